The van der Waals surface area contributed by atoms with Gasteiger partial charge in [0, 0.05) is 18.2 Å². The zero-order chi connectivity index (χ0) is 18.1. The number of nitrogens with zero attached hydrogens (tertiary/aromatic N) is 1. The molecule has 0 bridgehead atoms. The van der Waals surface area contributed by atoms with Crippen molar-refractivity contribution < 1.29 is 9.59 Å². The van der Waals surface area contributed by atoms with Crippen LogP contribution in [0.15, 0.2) is 54.6 Å². The maximum atomic E-state index is 12.7. The summed E-state index contributed by atoms with van der Waals surface area (Å²) in [5.41, 5.74) is 4.12. The maximum Gasteiger partial charge on any atom is 0.258 e. The van der Waals surface area contributed by atoms with Crippen LogP contribution in [0.4, 0.5) is 5.69 Å². The lowest BCUT2D eigenvalue weighted by Crippen LogP contribution is -2.20. The standard InChI is InChI=1S/C23H23NO2/c1-24-21-10-6-5-9-19(21)20(23(24)26)15-22(25)18-13-11-17(12-14-18)16-7-3-2-4-8-16/h5-6,9-16H,2-4,7-8H2,1H3/b20-15-. The molecule has 0 spiro atoms. The highest BCUT2D eigenvalue weighted by molar-refractivity contribution is 6.35. The van der Waals surface area contributed by atoms with E-state index in [4.69, 9.17) is 0 Å². The lowest BCUT2D eigenvalue weighted by atomic mass is 9.84. The van der Waals surface area contributed by atoms with Gasteiger partial charge in [-0.05, 0) is 36.5 Å². The quantitative estimate of drug-likeness (QED) is 0.581. The number of carbonyl (C=O) groups excluding carboxylic acids is 2. The predicted octanol–water partition coefficient (Wildman–Crippen LogP) is 4.98. The lowest BCUT2D eigenvalue weighted by Gasteiger charge is -2.21. The lowest BCUT2D eigenvalue weighted by molar-refractivity contribution is -0.112. The highest BCUT2D eigenvalue weighted by atomic mass is 16.2. The molecule has 2 aromatic carbocycles. The summed E-state index contributed by atoms with van der Waals surface area (Å²) in [5, 5.41) is 0. The summed E-state index contributed by atoms with van der Waals surface area (Å²) in [4.78, 5) is 26.8. The van der Waals surface area contributed by atoms with Gasteiger partial charge in [-0.15, -0.1) is 0 Å². The highest BCUT2D eigenvalue weighted by Gasteiger charge is 2.29. The number of benzene rings is 2. The number of allylic oxidation sites excluding steroid dienone is 1. The number of carbonyl (C=O) groups is 2. The molecule has 1 heterocycles. The Labute approximate surface area is 154 Å². The van der Waals surface area contributed by atoms with Crippen LogP contribution in [0.3, 0.4) is 0 Å². The first-order valence-corrected chi connectivity index (χ1v) is 9.38. The first-order valence-electron chi connectivity index (χ1n) is 9.38. The Hall–Kier alpha value is -2.68. The van der Waals surface area contributed by atoms with Gasteiger partial charge in [0.05, 0.1) is 11.3 Å². The molecular weight excluding hydrogens is 322 g/mol. The molecule has 0 saturated heterocycles. The van der Waals surface area contributed by atoms with Crippen molar-refractivity contribution in [3.05, 3.63) is 71.3 Å². The number of anilines is 1. The molecule has 132 valence electrons. The van der Waals surface area contributed by atoms with E-state index in [0.717, 1.165) is 11.3 Å². The first-order chi connectivity index (χ1) is 12.6. The number of ketones is 1. The summed E-state index contributed by atoms with van der Waals surface area (Å²) in [5.74, 6) is 0.384. The molecule has 0 atom stereocenters. The Kier molecular flexibility index (Phi) is 4.46. The van der Waals surface area contributed by atoms with Gasteiger partial charge in [-0.1, -0.05) is 61.7 Å². The monoisotopic (exact) mass is 345 g/mol. The second-order valence-corrected chi connectivity index (χ2v) is 7.26. The van der Waals surface area contributed by atoms with Crippen molar-refractivity contribution in [2.75, 3.05) is 11.9 Å². The minimum absolute atomic E-state index is 0.117. The van der Waals surface area contributed by atoms with E-state index in [-0.39, 0.29) is 11.7 Å². The minimum Gasteiger partial charge on any atom is -0.311 e. The molecule has 1 aliphatic heterocycles. The molecule has 1 amide bonds. The number of hydrogen-bond donors (Lipinski definition) is 0. The topological polar surface area (TPSA) is 37.4 Å². The van der Waals surface area contributed by atoms with Crippen LogP contribution >= 0.6 is 0 Å². The fourth-order valence-electron chi connectivity index (χ4n) is 4.11. The molecule has 4 rings (SSSR count). The molecule has 3 nitrogen and oxygen atoms in total. The first kappa shape index (κ1) is 16.8. The summed E-state index contributed by atoms with van der Waals surface area (Å²) in [6, 6.07) is 15.5. The molecule has 1 fully saturated rings. The highest BCUT2D eigenvalue weighted by Crippen LogP contribution is 2.36. The molecule has 26 heavy (non-hydrogen) atoms. The van der Waals surface area contributed by atoms with Gasteiger partial charge in [0.1, 0.15) is 0 Å². The molecule has 2 aliphatic rings. The number of hydrogen-bond acceptors (Lipinski definition) is 2. The van der Waals surface area contributed by atoms with Gasteiger partial charge in [-0.25, -0.2) is 0 Å². The third-order valence-corrected chi connectivity index (χ3v) is 5.64. The third kappa shape index (κ3) is 2.98. The maximum absolute atomic E-state index is 12.7. The average molecular weight is 345 g/mol. The second-order valence-electron chi connectivity index (χ2n) is 7.26. The number of rotatable bonds is 3. The summed E-state index contributed by atoms with van der Waals surface area (Å²) in [6.07, 6.45) is 7.91. The average Bonchev–Trinajstić information content (AvgIpc) is 2.94. The zero-order valence-electron chi connectivity index (χ0n) is 15.1. The Bertz CT molecular complexity index is 873. The third-order valence-electron chi connectivity index (χ3n) is 5.64. The number of fused-ring (bicyclic) bond motifs is 1. The molecule has 2 aromatic rings. The molecule has 0 unspecified atom stereocenters. The fraction of sp³-hybridized carbons (Fsp3) is 0.304. The van der Waals surface area contributed by atoms with Crippen molar-refractivity contribution in [1.29, 1.82) is 0 Å². The van der Waals surface area contributed by atoms with Gasteiger partial charge in [0.15, 0.2) is 5.78 Å². The van der Waals surface area contributed by atoms with Crippen LogP contribution in [0.2, 0.25) is 0 Å². The molecule has 0 N–H and O–H groups in total. The normalized spacial score (nSPS) is 19.0. The summed E-state index contributed by atoms with van der Waals surface area (Å²) in [6.45, 7) is 0. The molecule has 1 saturated carbocycles. The number of para-hydroxylation sites is 1. The van der Waals surface area contributed by atoms with E-state index in [1.807, 2.05) is 36.4 Å². The Morgan fingerprint density at radius 1 is 1.00 bits per heavy atom. The largest absolute Gasteiger partial charge is 0.311 e. The molecule has 0 radical (unpaired) electrons. The van der Waals surface area contributed by atoms with E-state index in [2.05, 4.69) is 12.1 Å². The van der Waals surface area contributed by atoms with Crippen LogP contribution in [0, 0.1) is 0 Å². The van der Waals surface area contributed by atoms with Crippen molar-refractivity contribution >= 4 is 23.0 Å². The zero-order valence-corrected chi connectivity index (χ0v) is 15.1. The van der Waals surface area contributed by atoms with E-state index < -0.39 is 0 Å². The van der Waals surface area contributed by atoms with Crippen LogP contribution in [0.1, 0.15) is 59.5 Å². The second kappa shape index (κ2) is 6.91. The van der Waals surface area contributed by atoms with E-state index in [1.54, 1.807) is 11.9 Å². The van der Waals surface area contributed by atoms with Crippen LogP contribution < -0.4 is 4.90 Å². The SMILES string of the molecule is CN1C(=O)/C(=C\C(=O)c2ccc(C3CCCCC3)cc2)c2ccccc21. The van der Waals surface area contributed by atoms with Crippen LogP contribution in [0.5, 0.6) is 0 Å². The Balaban J connectivity index is 1.58. The van der Waals surface area contributed by atoms with E-state index >= 15 is 0 Å². The molecular formula is C23H23NO2. The molecule has 3 heteroatoms. The van der Waals surface area contributed by atoms with Crippen molar-refractivity contribution in [3.8, 4) is 0 Å². The Morgan fingerprint density at radius 2 is 1.69 bits per heavy atom. The molecule has 1 aliphatic carbocycles. The van der Waals surface area contributed by atoms with Gasteiger partial charge in [-0.2, -0.15) is 0 Å². The van der Waals surface area contributed by atoms with Gasteiger partial charge < -0.3 is 4.90 Å². The smallest absolute Gasteiger partial charge is 0.258 e. The fourth-order valence-corrected chi connectivity index (χ4v) is 4.11. The van der Waals surface area contributed by atoms with Gasteiger partial charge >= 0.3 is 0 Å². The van der Waals surface area contributed by atoms with Crippen molar-refractivity contribution in [1.82, 2.24) is 0 Å². The van der Waals surface area contributed by atoms with Crippen LogP contribution in [0.25, 0.3) is 5.57 Å². The van der Waals surface area contributed by atoms with Gasteiger partial charge in [0.2, 0.25) is 0 Å². The van der Waals surface area contributed by atoms with E-state index in [0.29, 0.717) is 17.1 Å². The number of likely N-dealkylation sites (N-methyl/N-ethyl adjacent to an activating group) is 1. The van der Waals surface area contributed by atoms with Crippen molar-refractivity contribution in [2.45, 2.75) is 38.0 Å². The minimum atomic E-state index is -0.127. The van der Waals surface area contributed by atoms with E-state index in [1.165, 1.54) is 43.7 Å². The van der Waals surface area contributed by atoms with Crippen LogP contribution in [-0.2, 0) is 4.79 Å². The number of amides is 1. The Morgan fingerprint density at radius 3 is 2.42 bits per heavy atom. The van der Waals surface area contributed by atoms with Gasteiger partial charge in [-0.3, -0.25) is 9.59 Å². The van der Waals surface area contributed by atoms with Crippen molar-refractivity contribution in [2.24, 2.45) is 0 Å². The molecule has 0 aromatic heterocycles. The summed E-state index contributed by atoms with van der Waals surface area (Å²) >= 11 is 0. The van der Waals surface area contributed by atoms with Crippen LogP contribution in [-0.4, -0.2) is 18.7 Å². The summed E-state index contributed by atoms with van der Waals surface area (Å²) in [7, 11) is 1.74. The van der Waals surface area contributed by atoms with Crippen molar-refractivity contribution in [3.63, 3.8) is 0 Å². The predicted molar refractivity (Wildman–Crippen MR) is 104 cm³/mol. The summed E-state index contributed by atoms with van der Waals surface area (Å²) < 4.78 is 0. The van der Waals surface area contributed by atoms with E-state index in [9.17, 15) is 9.59 Å². The van der Waals surface area contributed by atoms with Gasteiger partial charge in [0.25, 0.3) is 5.91 Å².